The molecule has 0 bridgehead atoms. The fourth-order valence-corrected chi connectivity index (χ4v) is 3.19. The topological polar surface area (TPSA) is 54.0 Å². The van der Waals surface area contributed by atoms with E-state index in [9.17, 15) is 4.79 Å². The van der Waals surface area contributed by atoms with Gasteiger partial charge in [0.2, 0.25) is 5.91 Å². The Labute approximate surface area is 112 Å². The van der Waals surface area contributed by atoms with E-state index in [1.165, 1.54) is 0 Å². The van der Waals surface area contributed by atoms with Gasteiger partial charge in [0.15, 0.2) is 0 Å². The van der Waals surface area contributed by atoms with Gasteiger partial charge >= 0.3 is 0 Å². The summed E-state index contributed by atoms with van der Waals surface area (Å²) in [5, 5.41) is 6.42. The molecule has 2 heterocycles. The summed E-state index contributed by atoms with van der Waals surface area (Å²) in [6.45, 7) is 4.67. The lowest BCUT2D eigenvalue weighted by molar-refractivity contribution is -0.133. The van der Waals surface area contributed by atoms with Crippen molar-refractivity contribution >= 4 is 17.2 Å². The van der Waals surface area contributed by atoms with Crippen molar-refractivity contribution in [2.24, 2.45) is 5.41 Å². The van der Waals surface area contributed by atoms with Crippen LogP contribution in [0.4, 0.5) is 0 Å². The summed E-state index contributed by atoms with van der Waals surface area (Å²) in [4.78, 5) is 17.6. The second-order valence-electron chi connectivity index (χ2n) is 4.93. The van der Waals surface area contributed by atoms with E-state index in [0.29, 0.717) is 6.54 Å². The minimum Gasteiger partial charge on any atom is -0.351 e. The number of hydrogen-bond donors (Lipinski definition) is 2. The van der Waals surface area contributed by atoms with Crippen LogP contribution in [0.1, 0.15) is 37.5 Å². The van der Waals surface area contributed by atoms with Crippen LogP contribution in [-0.2, 0) is 11.3 Å². The van der Waals surface area contributed by atoms with E-state index in [4.69, 9.17) is 0 Å². The molecule has 1 fully saturated rings. The summed E-state index contributed by atoms with van der Waals surface area (Å²) in [5.41, 5.74) is 1.65. The molecular formula is C13H21N3OS. The Morgan fingerprint density at radius 1 is 1.56 bits per heavy atom. The van der Waals surface area contributed by atoms with E-state index in [1.54, 1.807) is 16.8 Å². The molecule has 5 heteroatoms. The molecular weight excluding hydrogens is 246 g/mol. The average molecular weight is 267 g/mol. The molecule has 1 aliphatic heterocycles. The zero-order chi connectivity index (χ0) is 12.8. The van der Waals surface area contributed by atoms with Crippen molar-refractivity contribution in [2.45, 2.75) is 39.2 Å². The molecule has 0 atom stereocenters. The van der Waals surface area contributed by atoms with Crippen molar-refractivity contribution in [3.05, 3.63) is 16.6 Å². The number of nitrogens with one attached hydrogen (secondary N) is 2. The molecule has 18 heavy (non-hydrogen) atoms. The van der Waals surface area contributed by atoms with E-state index < -0.39 is 0 Å². The minimum atomic E-state index is -0.148. The number of thiazole rings is 1. The molecule has 1 aliphatic rings. The first-order chi connectivity index (χ1) is 8.77. The third-order valence-electron chi connectivity index (χ3n) is 3.68. The second kappa shape index (κ2) is 6.29. The number of carbonyl (C=O) groups is 1. The molecule has 1 saturated heterocycles. The molecule has 0 spiro atoms. The molecule has 1 amide bonds. The van der Waals surface area contributed by atoms with Crippen LogP contribution in [0.3, 0.4) is 0 Å². The van der Waals surface area contributed by atoms with E-state index in [1.807, 2.05) is 6.20 Å². The number of rotatable bonds is 5. The first kappa shape index (κ1) is 13.5. The Bertz CT molecular complexity index is 366. The van der Waals surface area contributed by atoms with Crippen molar-refractivity contribution < 1.29 is 4.79 Å². The molecule has 2 rings (SSSR count). The Kier molecular flexibility index (Phi) is 4.72. The van der Waals surface area contributed by atoms with E-state index >= 15 is 0 Å². The van der Waals surface area contributed by atoms with Gasteiger partial charge in [-0.1, -0.05) is 13.3 Å². The number of piperidine rings is 1. The van der Waals surface area contributed by atoms with Crippen LogP contribution in [0, 0.1) is 5.41 Å². The molecule has 0 unspecified atom stereocenters. The Morgan fingerprint density at radius 2 is 2.33 bits per heavy atom. The molecule has 0 aliphatic carbocycles. The van der Waals surface area contributed by atoms with Gasteiger partial charge in [0.05, 0.1) is 17.5 Å². The van der Waals surface area contributed by atoms with Crippen LogP contribution in [-0.4, -0.2) is 24.0 Å². The van der Waals surface area contributed by atoms with Gasteiger partial charge in [0, 0.05) is 11.1 Å². The highest BCUT2D eigenvalue weighted by Crippen LogP contribution is 2.34. The highest BCUT2D eigenvalue weighted by molar-refractivity contribution is 7.09. The summed E-state index contributed by atoms with van der Waals surface area (Å²) in [5.74, 6) is 0.222. The highest BCUT2D eigenvalue weighted by Gasteiger charge is 2.38. The smallest absolute Gasteiger partial charge is 0.226 e. The SMILES string of the molecule is CCCC1(C(=O)NCc2cncs2)CCNCC1. The van der Waals surface area contributed by atoms with Crippen LogP contribution in [0.2, 0.25) is 0 Å². The van der Waals surface area contributed by atoms with E-state index in [-0.39, 0.29) is 11.3 Å². The maximum Gasteiger partial charge on any atom is 0.226 e. The molecule has 0 aromatic carbocycles. The maximum absolute atomic E-state index is 12.5. The van der Waals surface area contributed by atoms with Crippen molar-refractivity contribution in [2.75, 3.05) is 13.1 Å². The van der Waals surface area contributed by atoms with Gasteiger partial charge in [0.25, 0.3) is 0 Å². The summed E-state index contributed by atoms with van der Waals surface area (Å²) >= 11 is 1.59. The van der Waals surface area contributed by atoms with E-state index in [0.717, 1.165) is 43.6 Å². The van der Waals surface area contributed by atoms with Crippen molar-refractivity contribution in [1.82, 2.24) is 15.6 Å². The lowest BCUT2D eigenvalue weighted by Crippen LogP contribution is -2.47. The van der Waals surface area contributed by atoms with Gasteiger partial charge in [-0.3, -0.25) is 9.78 Å². The Balaban J connectivity index is 1.95. The van der Waals surface area contributed by atoms with Crippen molar-refractivity contribution in [3.8, 4) is 0 Å². The second-order valence-corrected chi connectivity index (χ2v) is 5.90. The maximum atomic E-state index is 12.5. The van der Waals surface area contributed by atoms with Crippen LogP contribution in [0.25, 0.3) is 0 Å². The predicted octanol–water partition coefficient (Wildman–Crippen LogP) is 1.93. The average Bonchev–Trinajstić information content (AvgIpc) is 2.90. The third-order valence-corrected chi connectivity index (χ3v) is 4.46. The van der Waals surface area contributed by atoms with Gasteiger partial charge in [0.1, 0.15) is 0 Å². The first-order valence-corrected chi connectivity index (χ1v) is 7.51. The number of carbonyl (C=O) groups excluding carboxylic acids is 1. The molecule has 1 aromatic heterocycles. The predicted molar refractivity (Wildman–Crippen MR) is 73.4 cm³/mol. The van der Waals surface area contributed by atoms with Gasteiger partial charge in [-0.15, -0.1) is 11.3 Å². The molecule has 4 nitrogen and oxygen atoms in total. The minimum absolute atomic E-state index is 0.148. The first-order valence-electron chi connectivity index (χ1n) is 6.63. The standard InChI is InChI=1S/C13H21N3OS/c1-2-3-13(4-6-14-7-5-13)12(17)16-9-11-8-15-10-18-11/h8,10,14H,2-7,9H2,1H3,(H,16,17). The van der Waals surface area contributed by atoms with Crippen molar-refractivity contribution in [3.63, 3.8) is 0 Å². The normalized spacial score (nSPS) is 18.5. The Hall–Kier alpha value is -0.940. The quantitative estimate of drug-likeness (QED) is 0.857. The Morgan fingerprint density at radius 3 is 2.94 bits per heavy atom. The summed E-state index contributed by atoms with van der Waals surface area (Å²) in [7, 11) is 0. The van der Waals surface area contributed by atoms with Gasteiger partial charge in [-0.25, -0.2) is 0 Å². The van der Waals surface area contributed by atoms with Gasteiger partial charge < -0.3 is 10.6 Å². The van der Waals surface area contributed by atoms with Crippen LogP contribution in [0.5, 0.6) is 0 Å². The number of amides is 1. The molecule has 1 aromatic rings. The molecule has 2 N–H and O–H groups in total. The lowest BCUT2D eigenvalue weighted by atomic mass is 9.74. The monoisotopic (exact) mass is 267 g/mol. The van der Waals surface area contributed by atoms with E-state index in [2.05, 4.69) is 22.5 Å². The molecule has 0 radical (unpaired) electrons. The third kappa shape index (κ3) is 3.09. The fourth-order valence-electron chi connectivity index (χ4n) is 2.66. The highest BCUT2D eigenvalue weighted by atomic mass is 32.1. The number of hydrogen-bond acceptors (Lipinski definition) is 4. The zero-order valence-corrected chi connectivity index (χ0v) is 11.7. The number of nitrogens with zero attached hydrogens (tertiary/aromatic N) is 1. The van der Waals surface area contributed by atoms with Crippen LogP contribution in [0.15, 0.2) is 11.7 Å². The van der Waals surface area contributed by atoms with Gasteiger partial charge in [-0.2, -0.15) is 0 Å². The fraction of sp³-hybridized carbons (Fsp3) is 0.692. The molecule has 100 valence electrons. The zero-order valence-electron chi connectivity index (χ0n) is 10.9. The molecule has 0 saturated carbocycles. The van der Waals surface area contributed by atoms with Crippen LogP contribution >= 0.6 is 11.3 Å². The van der Waals surface area contributed by atoms with Crippen LogP contribution < -0.4 is 10.6 Å². The largest absolute Gasteiger partial charge is 0.351 e. The number of aromatic nitrogens is 1. The lowest BCUT2D eigenvalue weighted by Gasteiger charge is -2.36. The summed E-state index contributed by atoms with van der Waals surface area (Å²) in [6, 6.07) is 0. The summed E-state index contributed by atoms with van der Waals surface area (Å²) < 4.78 is 0. The van der Waals surface area contributed by atoms with Crippen molar-refractivity contribution in [1.29, 1.82) is 0 Å². The van der Waals surface area contributed by atoms with Gasteiger partial charge in [-0.05, 0) is 32.4 Å². The summed E-state index contributed by atoms with van der Waals surface area (Å²) in [6.07, 6.45) is 5.78.